The van der Waals surface area contributed by atoms with E-state index in [2.05, 4.69) is 35.2 Å². The number of carboxylic acids is 1. The number of carbonyl (C=O) groups is 2. The number of rotatable bonds is 4. The van der Waals surface area contributed by atoms with E-state index in [0.717, 1.165) is 58.4 Å². The van der Waals surface area contributed by atoms with Gasteiger partial charge in [0.2, 0.25) is 0 Å². The third-order valence-electron chi connectivity index (χ3n) is 6.13. The molecule has 3 fully saturated rings. The van der Waals surface area contributed by atoms with Gasteiger partial charge in [-0.05, 0) is 50.1 Å². The average Bonchev–Trinajstić information content (AvgIpc) is 3.42. The van der Waals surface area contributed by atoms with E-state index >= 15 is 0 Å². The van der Waals surface area contributed by atoms with Gasteiger partial charge in [-0.3, -0.25) is 4.79 Å². The standard InChI is InChI=1S/C20H28N2O2.C2HF3O2/c23-20(22-10-4-5-11-22)18-14-17-9-13-21(15-19(17)24-18)12-8-16-6-2-1-3-7-16;3-2(4,5)1(6)7/h1-3,6-7,17-19H,4-5,8-15H2;(H,6,7)/t17-,18+,19-;/m0./s1. The molecular formula is C22H29F3N2O4. The molecule has 1 amide bonds. The quantitative estimate of drug-likeness (QED) is 0.777. The number of benzene rings is 1. The molecule has 3 aliphatic heterocycles. The summed E-state index contributed by atoms with van der Waals surface area (Å²) in [5.41, 5.74) is 1.40. The molecule has 0 aliphatic carbocycles. The number of carbonyl (C=O) groups excluding carboxylic acids is 1. The van der Waals surface area contributed by atoms with Gasteiger partial charge in [0, 0.05) is 26.2 Å². The zero-order chi connectivity index (χ0) is 22.4. The van der Waals surface area contributed by atoms with E-state index in [9.17, 15) is 18.0 Å². The molecule has 1 aromatic rings. The fourth-order valence-corrected chi connectivity index (χ4v) is 4.43. The number of nitrogens with zero attached hydrogens (tertiary/aromatic N) is 2. The summed E-state index contributed by atoms with van der Waals surface area (Å²) < 4.78 is 37.9. The van der Waals surface area contributed by atoms with Crippen LogP contribution >= 0.6 is 0 Å². The van der Waals surface area contributed by atoms with Crippen LogP contribution in [-0.4, -0.2) is 77.9 Å². The van der Waals surface area contributed by atoms with Crippen LogP contribution < -0.4 is 0 Å². The maximum Gasteiger partial charge on any atom is 0.490 e. The van der Waals surface area contributed by atoms with Crippen LogP contribution in [-0.2, 0) is 20.7 Å². The molecule has 31 heavy (non-hydrogen) atoms. The third-order valence-corrected chi connectivity index (χ3v) is 6.13. The van der Waals surface area contributed by atoms with E-state index in [0.29, 0.717) is 5.92 Å². The number of halogens is 3. The van der Waals surface area contributed by atoms with Crippen LogP contribution in [0.1, 0.15) is 31.2 Å². The van der Waals surface area contributed by atoms with Gasteiger partial charge in [0.25, 0.3) is 5.91 Å². The van der Waals surface area contributed by atoms with E-state index < -0.39 is 12.1 Å². The van der Waals surface area contributed by atoms with Crippen LogP contribution in [0.5, 0.6) is 0 Å². The maximum absolute atomic E-state index is 12.6. The Morgan fingerprint density at radius 2 is 1.74 bits per heavy atom. The molecule has 0 radical (unpaired) electrons. The fourth-order valence-electron chi connectivity index (χ4n) is 4.43. The molecule has 3 atom stereocenters. The molecule has 1 N–H and O–H groups in total. The largest absolute Gasteiger partial charge is 0.490 e. The van der Waals surface area contributed by atoms with Gasteiger partial charge in [-0.25, -0.2) is 4.79 Å². The predicted molar refractivity (Wildman–Crippen MR) is 107 cm³/mol. The smallest absolute Gasteiger partial charge is 0.475 e. The lowest BCUT2D eigenvalue weighted by molar-refractivity contribution is -0.192. The maximum atomic E-state index is 12.6. The molecule has 3 heterocycles. The number of hydrogen-bond donors (Lipinski definition) is 1. The third kappa shape index (κ3) is 6.67. The summed E-state index contributed by atoms with van der Waals surface area (Å²) in [4.78, 5) is 26.0. The van der Waals surface area contributed by atoms with Crippen LogP contribution in [0.25, 0.3) is 0 Å². The van der Waals surface area contributed by atoms with Crippen molar-refractivity contribution in [3.8, 4) is 0 Å². The monoisotopic (exact) mass is 442 g/mol. The first-order valence-electron chi connectivity index (χ1n) is 10.7. The molecule has 4 rings (SSSR count). The molecule has 9 heteroatoms. The first-order chi connectivity index (χ1) is 14.7. The van der Waals surface area contributed by atoms with E-state index in [1.54, 1.807) is 0 Å². The highest BCUT2D eigenvalue weighted by atomic mass is 19.4. The van der Waals surface area contributed by atoms with Crippen molar-refractivity contribution < 1.29 is 32.6 Å². The number of piperidine rings is 1. The number of likely N-dealkylation sites (tertiary alicyclic amines) is 2. The van der Waals surface area contributed by atoms with Crippen molar-refractivity contribution in [3.05, 3.63) is 35.9 Å². The van der Waals surface area contributed by atoms with Crippen LogP contribution in [0.2, 0.25) is 0 Å². The molecule has 1 aromatic carbocycles. The first-order valence-corrected chi connectivity index (χ1v) is 10.7. The Bertz CT molecular complexity index is 738. The van der Waals surface area contributed by atoms with Gasteiger partial charge in [0.1, 0.15) is 6.10 Å². The van der Waals surface area contributed by atoms with Crippen LogP contribution in [0.15, 0.2) is 30.3 Å². The van der Waals surface area contributed by atoms with E-state index in [1.165, 1.54) is 12.0 Å². The number of carboxylic acid groups (broad SMARTS) is 1. The minimum atomic E-state index is -5.08. The van der Waals surface area contributed by atoms with Gasteiger partial charge in [-0.2, -0.15) is 13.2 Å². The fraction of sp³-hybridized carbons (Fsp3) is 0.636. The lowest BCUT2D eigenvalue weighted by Crippen LogP contribution is -2.43. The molecule has 0 spiro atoms. The summed E-state index contributed by atoms with van der Waals surface area (Å²) in [5, 5.41) is 7.12. The molecule has 3 saturated heterocycles. The van der Waals surface area contributed by atoms with Crippen molar-refractivity contribution in [1.82, 2.24) is 9.80 Å². The number of aliphatic carboxylic acids is 1. The van der Waals surface area contributed by atoms with Gasteiger partial charge in [-0.15, -0.1) is 0 Å². The predicted octanol–water partition coefficient (Wildman–Crippen LogP) is 2.96. The Balaban J connectivity index is 0.000000339. The van der Waals surface area contributed by atoms with Crippen molar-refractivity contribution in [2.24, 2.45) is 5.92 Å². The van der Waals surface area contributed by atoms with Gasteiger partial charge in [0.05, 0.1) is 6.10 Å². The molecule has 0 unspecified atom stereocenters. The minimum absolute atomic E-state index is 0.174. The summed E-state index contributed by atoms with van der Waals surface area (Å²) in [6.45, 7) is 5.07. The Morgan fingerprint density at radius 1 is 1.10 bits per heavy atom. The summed E-state index contributed by atoms with van der Waals surface area (Å²) >= 11 is 0. The van der Waals surface area contributed by atoms with Crippen molar-refractivity contribution in [2.75, 3.05) is 32.7 Å². The Morgan fingerprint density at radius 3 is 2.35 bits per heavy atom. The Kier molecular flexibility index (Phi) is 7.94. The van der Waals surface area contributed by atoms with Crippen molar-refractivity contribution in [3.63, 3.8) is 0 Å². The summed E-state index contributed by atoms with van der Waals surface area (Å²) in [7, 11) is 0. The second-order valence-electron chi connectivity index (χ2n) is 8.32. The van der Waals surface area contributed by atoms with Crippen molar-refractivity contribution in [2.45, 2.75) is 50.5 Å². The first kappa shape index (κ1) is 23.5. The van der Waals surface area contributed by atoms with Gasteiger partial charge in [0.15, 0.2) is 0 Å². The second-order valence-corrected chi connectivity index (χ2v) is 8.32. The molecule has 172 valence electrons. The number of hydrogen-bond acceptors (Lipinski definition) is 4. The number of ether oxygens (including phenoxy) is 1. The molecule has 0 aromatic heterocycles. The number of alkyl halides is 3. The average molecular weight is 442 g/mol. The Hall–Kier alpha value is -2.13. The van der Waals surface area contributed by atoms with Gasteiger partial charge >= 0.3 is 12.1 Å². The number of amides is 1. The highest BCUT2D eigenvalue weighted by Crippen LogP contribution is 2.34. The van der Waals surface area contributed by atoms with Crippen LogP contribution in [0.4, 0.5) is 13.2 Å². The number of fused-ring (bicyclic) bond motifs is 1. The SMILES string of the molecule is O=C(O)C(F)(F)F.O=C([C@H]1C[C@@H]2CCN(CCc3ccccc3)C[C@@H]2O1)N1CCCC1. The normalized spacial score (nSPS) is 26.2. The van der Waals surface area contributed by atoms with E-state index in [-0.39, 0.29) is 18.1 Å². The highest BCUT2D eigenvalue weighted by molar-refractivity contribution is 5.81. The topological polar surface area (TPSA) is 70.1 Å². The lowest BCUT2D eigenvalue weighted by atomic mass is 9.91. The van der Waals surface area contributed by atoms with Crippen molar-refractivity contribution >= 4 is 11.9 Å². The van der Waals surface area contributed by atoms with Gasteiger partial charge in [-0.1, -0.05) is 30.3 Å². The zero-order valence-electron chi connectivity index (χ0n) is 17.4. The summed E-state index contributed by atoms with van der Waals surface area (Å²) in [6, 6.07) is 10.7. The lowest BCUT2D eigenvalue weighted by Gasteiger charge is -2.34. The van der Waals surface area contributed by atoms with Crippen LogP contribution in [0, 0.1) is 5.92 Å². The summed E-state index contributed by atoms with van der Waals surface area (Å²) in [6.07, 6.45) is 0.500. The molecule has 3 aliphatic rings. The summed E-state index contributed by atoms with van der Waals surface area (Å²) in [5.74, 6) is -1.93. The van der Waals surface area contributed by atoms with Crippen LogP contribution in [0.3, 0.4) is 0 Å². The molecule has 6 nitrogen and oxygen atoms in total. The van der Waals surface area contributed by atoms with Gasteiger partial charge < -0.3 is 19.6 Å². The zero-order valence-corrected chi connectivity index (χ0v) is 17.4. The second kappa shape index (κ2) is 10.5. The Labute approximate surface area is 180 Å². The van der Waals surface area contributed by atoms with E-state index in [4.69, 9.17) is 14.6 Å². The molecular weight excluding hydrogens is 413 g/mol. The van der Waals surface area contributed by atoms with E-state index in [1.807, 2.05) is 4.90 Å². The molecule has 0 bridgehead atoms. The van der Waals surface area contributed by atoms with Crippen molar-refractivity contribution in [1.29, 1.82) is 0 Å². The minimum Gasteiger partial charge on any atom is -0.475 e. The molecule has 0 saturated carbocycles. The highest BCUT2D eigenvalue weighted by Gasteiger charge is 2.43.